The Morgan fingerprint density at radius 2 is 2.25 bits per heavy atom. The minimum atomic E-state index is -1.13. The molecule has 1 aromatic carbocycles. The largest absolute Gasteiger partial charge is 0.477 e. The average Bonchev–Trinajstić information content (AvgIpc) is 2.42. The van der Waals surface area contributed by atoms with Gasteiger partial charge >= 0.3 is 5.97 Å². The highest BCUT2D eigenvalue weighted by Gasteiger charge is 2.24. The number of hydrogen-bond donors (Lipinski definition) is 1. The molecule has 1 N–H and O–H groups in total. The molecule has 0 aliphatic carbocycles. The monoisotopic (exact) mass is 291 g/mol. The molecule has 1 heterocycles. The minimum absolute atomic E-state index is 0.0469. The van der Waals surface area contributed by atoms with Crippen LogP contribution in [-0.2, 0) is 16.1 Å². The molecule has 102 valence electrons. The summed E-state index contributed by atoms with van der Waals surface area (Å²) in [6, 6.07) is 6.66. The van der Waals surface area contributed by atoms with Crippen LogP contribution in [0.1, 0.15) is 24.0 Å². The third kappa shape index (κ3) is 2.95. The van der Waals surface area contributed by atoms with Crippen molar-refractivity contribution < 1.29 is 14.7 Å². The van der Waals surface area contributed by atoms with Gasteiger partial charge in [0.2, 0.25) is 5.91 Å². The van der Waals surface area contributed by atoms with Gasteiger partial charge in [0.05, 0.1) is 18.2 Å². The van der Waals surface area contributed by atoms with Crippen molar-refractivity contribution in [1.82, 2.24) is 5.01 Å². The first kappa shape index (κ1) is 14.0. The molecule has 0 radical (unpaired) electrons. The van der Waals surface area contributed by atoms with Gasteiger partial charge in [-0.2, -0.15) is 10.4 Å². The van der Waals surface area contributed by atoms with Gasteiger partial charge in [-0.05, 0) is 17.7 Å². The van der Waals surface area contributed by atoms with Crippen molar-refractivity contribution in [2.24, 2.45) is 5.10 Å². The van der Waals surface area contributed by atoms with Crippen LogP contribution in [0.3, 0.4) is 0 Å². The Morgan fingerprint density at radius 1 is 1.50 bits per heavy atom. The second-order valence-electron chi connectivity index (χ2n) is 4.22. The maximum Gasteiger partial charge on any atom is 0.352 e. The Bertz CT molecular complexity index is 649. The molecule has 0 spiro atoms. The predicted octanol–water partition coefficient (Wildman–Crippen LogP) is 1.77. The molecular weight excluding hydrogens is 282 g/mol. The molecule has 0 saturated carbocycles. The average molecular weight is 292 g/mol. The molecule has 7 heteroatoms. The van der Waals surface area contributed by atoms with Gasteiger partial charge in [-0.1, -0.05) is 17.7 Å². The van der Waals surface area contributed by atoms with Gasteiger partial charge in [-0.15, -0.1) is 0 Å². The highest BCUT2D eigenvalue weighted by molar-refractivity contribution is 6.36. The summed E-state index contributed by atoms with van der Waals surface area (Å²) in [4.78, 5) is 22.6. The number of carbonyl (C=O) groups is 2. The molecule has 0 saturated heterocycles. The van der Waals surface area contributed by atoms with E-state index in [4.69, 9.17) is 22.0 Å². The van der Waals surface area contributed by atoms with Crippen molar-refractivity contribution in [3.63, 3.8) is 0 Å². The maximum absolute atomic E-state index is 11.7. The van der Waals surface area contributed by atoms with Crippen LogP contribution < -0.4 is 0 Å². The van der Waals surface area contributed by atoms with Crippen LogP contribution in [0.2, 0.25) is 5.02 Å². The van der Waals surface area contributed by atoms with E-state index in [1.807, 2.05) is 6.07 Å². The van der Waals surface area contributed by atoms with Gasteiger partial charge < -0.3 is 5.11 Å². The Kier molecular flexibility index (Phi) is 4.01. The van der Waals surface area contributed by atoms with Crippen LogP contribution in [0.15, 0.2) is 23.3 Å². The zero-order valence-corrected chi connectivity index (χ0v) is 11.1. The summed E-state index contributed by atoms with van der Waals surface area (Å²) < 4.78 is 0. The van der Waals surface area contributed by atoms with Crippen LogP contribution in [-0.4, -0.2) is 27.7 Å². The molecule has 1 aliphatic rings. The fourth-order valence-corrected chi connectivity index (χ4v) is 2.03. The first-order valence-electron chi connectivity index (χ1n) is 5.81. The lowest BCUT2D eigenvalue weighted by Gasteiger charge is -2.22. The number of aliphatic carboxylic acids is 1. The van der Waals surface area contributed by atoms with Gasteiger partial charge in [-0.3, -0.25) is 4.79 Å². The number of benzene rings is 1. The van der Waals surface area contributed by atoms with Crippen LogP contribution in [0.5, 0.6) is 0 Å². The van der Waals surface area contributed by atoms with Gasteiger partial charge in [0, 0.05) is 17.9 Å². The zero-order chi connectivity index (χ0) is 14.7. The molecule has 20 heavy (non-hydrogen) atoms. The van der Waals surface area contributed by atoms with E-state index >= 15 is 0 Å². The van der Waals surface area contributed by atoms with Crippen LogP contribution >= 0.6 is 11.6 Å². The van der Waals surface area contributed by atoms with E-state index < -0.39 is 5.97 Å². The fourth-order valence-electron chi connectivity index (χ4n) is 1.79. The van der Waals surface area contributed by atoms with E-state index in [1.54, 1.807) is 12.1 Å². The molecular formula is C13H10ClN3O3. The number of carbonyl (C=O) groups excluding carboxylic acids is 1. The summed E-state index contributed by atoms with van der Waals surface area (Å²) in [6.07, 6.45) is 0.241. The van der Waals surface area contributed by atoms with Crippen molar-refractivity contribution in [2.75, 3.05) is 0 Å². The van der Waals surface area contributed by atoms with E-state index in [2.05, 4.69) is 5.10 Å². The van der Waals surface area contributed by atoms with E-state index in [1.165, 1.54) is 6.07 Å². The van der Waals surface area contributed by atoms with E-state index in [0.717, 1.165) is 5.01 Å². The summed E-state index contributed by atoms with van der Waals surface area (Å²) >= 11 is 6.02. The van der Waals surface area contributed by atoms with Crippen molar-refractivity contribution in [3.05, 3.63) is 34.3 Å². The molecule has 0 fully saturated rings. The Hall–Kier alpha value is -2.39. The summed E-state index contributed by atoms with van der Waals surface area (Å²) in [5.74, 6) is -1.39. The molecule has 0 aromatic heterocycles. The summed E-state index contributed by atoms with van der Waals surface area (Å²) in [7, 11) is 0. The predicted molar refractivity (Wildman–Crippen MR) is 71.0 cm³/mol. The van der Waals surface area contributed by atoms with Gasteiger partial charge in [-0.25, -0.2) is 9.80 Å². The fraction of sp³-hybridized carbons (Fsp3) is 0.231. The van der Waals surface area contributed by atoms with Gasteiger partial charge in [0.1, 0.15) is 5.71 Å². The lowest BCUT2D eigenvalue weighted by molar-refractivity contribution is -0.133. The molecule has 2 rings (SSSR count). The zero-order valence-electron chi connectivity index (χ0n) is 10.3. The number of halogens is 1. The SMILES string of the molecule is N#Cc1ccc(CN2N=C(C(=O)O)CCC2=O)c(Cl)c1. The van der Waals surface area contributed by atoms with Crippen molar-refractivity contribution >= 4 is 29.2 Å². The summed E-state index contributed by atoms with van der Waals surface area (Å²) in [6.45, 7) is 0.0835. The first-order valence-corrected chi connectivity index (χ1v) is 6.18. The Labute approximate surface area is 119 Å². The second-order valence-corrected chi connectivity index (χ2v) is 4.63. The highest BCUT2D eigenvalue weighted by Crippen LogP contribution is 2.21. The molecule has 1 aliphatic heterocycles. The standard InChI is InChI=1S/C13H10ClN3O3/c14-10-5-8(6-15)1-2-9(10)7-17-12(18)4-3-11(16-17)13(19)20/h1-2,5H,3-4,7H2,(H,19,20). The number of carboxylic acid groups (broad SMARTS) is 1. The lowest BCUT2D eigenvalue weighted by Crippen LogP contribution is -2.33. The van der Waals surface area contributed by atoms with Crippen molar-refractivity contribution in [1.29, 1.82) is 5.26 Å². The minimum Gasteiger partial charge on any atom is -0.477 e. The van der Waals surface area contributed by atoms with Crippen LogP contribution in [0, 0.1) is 11.3 Å². The number of amides is 1. The lowest BCUT2D eigenvalue weighted by atomic mass is 10.1. The Morgan fingerprint density at radius 3 is 2.85 bits per heavy atom. The smallest absolute Gasteiger partial charge is 0.352 e. The topological polar surface area (TPSA) is 93.8 Å². The number of nitrogens with zero attached hydrogens (tertiary/aromatic N) is 3. The van der Waals surface area contributed by atoms with Crippen LogP contribution in [0.25, 0.3) is 0 Å². The van der Waals surface area contributed by atoms with E-state index in [9.17, 15) is 9.59 Å². The number of carboxylic acids is 1. The summed E-state index contributed by atoms with van der Waals surface area (Å²) in [5, 5.41) is 22.9. The van der Waals surface area contributed by atoms with Crippen molar-refractivity contribution in [3.8, 4) is 6.07 Å². The normalized spacial score (nSPS) is 14.7. The third-order valence-electron chi connectivity index (χ3n) is 2.85. The molecule has 1 amide bonds. The molecule has 0 bridgehead atoms. The molecule has 1 aromatic rings. The molecule has 0 unspecified atom stereocenters. The van der Waals surface area contributed by atoms with E-state index in [0.29, 0.717) is 16.1 Å². The molecule has 0 atom stereocenters. The highest BCUT2D eigenvalue weighted by atomic mass is 35.5. The van der Waals surface area contributed by atoms with Gasteiger partial charge in [0.25, 0.3) is 0 Å². The number of hydrazone groups is 1. The van der Waals surface area contributed by atoms with Gasteiger partial charge in [0.15, 0.2) is 0 Å². The summed E-state index contributed by atoms with van der Waals surface area (Å²) in [5.41, 5.74) is 0.974. The molecule has 6 nitrogen and oxygen atoms in total. The Balaban J connectivity index is 2.24. The quantitative estimate of drug-likeness (QED) is 0.918. The maximum atomic E-state index is 11.7. The van der Waals surface area contributed by atoms with Crippen LogP contribution in [0.4, 0.5) is 0 Å². The third-order valence-corrected chi connectivity index (χ3v) is 3.21. The van der Waals surface area contributed by atoms with Crippen molar-refractivity contribution in [2.45, 2.75) is 19.4 Å². The first-order chi connectivity index (χ1) is 9.51. The van der Waals surface area contributed by atoms with E-state index in [-0.39, 0.29) is 31.0 Å². The number of rotatable bonds is 3. The second kappa shape index (κ2) is 5.72. The number of hydrogen-bond acceptors (Lipinski definition) is 4. The number of nitriles is 1.